The molecule has 1 aromatic heterocycles. The van der Waals surface area contributed by atoms with E-state index in [4.69, 9.17) is 9.26 Å². The summed E-state index contributed by atoms with van der Waals surface area (Å²) in [6.07, 6.45) is 4.61. The molecule has 0 aliphatic carbocycles. The molecule has 7 nitrogen and oxygen atoms in total. The lowest BCUT2D eigenvalue weighted by molar-refractivity contribution is 0.0324. The van der Waals surface area contributed by atoms with Crippen LogP contribution >= 0.6 is 0 Å². The van der Waals surface area contributed by atoms with E-state index in [1.807, 2.05) is 29.2 Å². The number of amides is 1. The Morgan fingerprint density at radius 3 is 2.52 bits per heavy atom. The number of unbranched alkanes of at least 4 members (excludes halogenated alkanes) is 3. The molecule has 158 valence electrons. The third-order valence-corrected chi connectivity index (χ3v) is 5.27. The van der Waals surface area contributed by atoms with Gasteiger partial charge in [0.15, 0.2) is 5.82 Å². The van der Waals surface area contributed by atoms with E-state index in [1.165, 1.54) is 12.8 Å². The van der Waals surface area contributed by atoms with Crippen LogP contribution in [0.3, 0.4) is 0 Å². The van der Waals surface area contributed by atoms with Crippen LogP contribution in [-0.4, -0.2) is 71.8 Å². The van der Waals surface area contributed by atoms with Crippen LogP contribution in [0.15, 0.2) is 28.8 Å². The normalized spacial score (nSPS) is 14.8. The van der Waals surface area contributed by atoms with E-state index in [1.54, 1.807) is 6.92 Å². The average molecular weight is 401 g/mol. The molecule has 0 spiro atoms. The number of aryl methyl sites for hydroxylation is 1. The van der Waals surface area contributed by atoms with Gasteiger partial charge in [-0.3, -0.25) is 9.69 Å². The summed E-state index contributed by atoms with van der Waals surface area (Å²) in [5.74, 6) is 1.16. The zero-order chi connectivity index (χ0) is 20.5. The Hall–Kier alpha value is -2.25. The largest absolute Gasteiger partial charge is 0.379 e. The van der Waals surface area contributed by atoms with E-state index in [0.717, 1.165) is 64.3 Å². The van der Waals surface area contributed by atoms with Crippen molar-refractivity contribution >= 4 is 5.91 Å². The maximum atomic E-state index is 13.2. The highest BCUT2D eigenvalue weighted by Gasteiger charge is 2.18. The van der Waals surface area contributed by atoms with Gasteiger partial charge >= 0.3 is 0 Å². The summed E-state index contributed by atoms with van der Waals surface area (Å²) in [7, 11) is 0. The summed E-state index contributed by atoms with van der Waals surface area (Å²) in [6, 6.07) is 7.45. The molecule has 0 N–H and O–H groups in total. The Morgan fingerprint density at radius 1 is 1.10 bits per heavy atom. The fourth-order valence-corrected chi connectivity index (χ4v) is 3.48. The lowest BCUT2D eigenvalue weighted by Crippen LogP contribution is -2.43. The molecule has 29 heavy (non-hydrogen) atoms. The third kappa shape index (κ3) is 6.37. The molecule has 1 amide bonds. The topological polar surface area (TPSA) is 71.7 Å². The second kappa shape index (κ2) is 11.1. The first-order chi connectivity index (χ1) is 14.2. The molecule has 7 heteroatoms. The lowest BCUT2D eigenvalue weighted by Gasteiger charge is -2.30. The summed E-state index contributed by atoms with van der Waals surface area (Å²) in [6.45, 7) is 9.86. The molecule has 0 saturated carbocycles. The van der Waals surface area contributed by atoms with Gasteiger partial charge in [0, 0.05) is 43.9 Å². The number of nitrogens with zero attached hydrogens (tertiary/aromatic N) is 4. The molecule has 0 bridgehead atoms. The highest BCUT2D eigenvalue weighted by atomic mass is 16.5. The Labute approximate surface area is 173 Å². The molecule has 1 aliphatic rings. The van der Waals surface area contributed by atoms with E-state index in [-0.39, 0.29) is 5.91 Å². The summed E-state index contributed by atoms with van der Waals surface area (Å²) in [4.78, 5) is 21.8. The number of hydrogen-bond donors (Lipinski definition) is 0. The fourth-order valence-electron chi connectivity index (χ4n) is 3.48. The quantitative estimate of drug-likeness (QED) is 0.569. The van der Waals surface area contributed by atoms with Crippen LogP contribution < -0.4 is 0 Å². The SMILES string of the molecule is CCCCCCN(CCN1CCOCC1)C(=O)c1ccc(-c2nc(C)no2)cc1. The first-order valence-electron chi connectivity index (χ1n) is 10.7. The van der Waals surface area contributed by atoms with E-state index in [2.05, 4.69) is 22.0 Å². The number of morpholine rings is 1. The minimum absolute atomic E-state index is 0.0861. The molecule has 2 heterocycles. The summed E-state index contributed by atoms with van der Waals surface area (Å²) < 4.78 is 10.6. The monoisotopic (exact) mass is 400 g/mol. The predicted molar refractivity (Wildman–Crippen MR) is 112 cm³/mol. The number of carbonyl (C=O) groups is 1. The number of rotatable bonds is 10. The van der Waals surface area contributed by atoms with Gasteiger partial charge < -0.3 is 14.2 Å². The Kier molecular flexibility index (Phi) is 8.19. The van der Waals surface area contributed by atoms with Crippen LogP contribution in [0.4, 0.5) is 0 Å². The van der Waals surface area contributed by atoms with E-state index in [9.17, 15) is 4.79 Å². The molecular formula is C22H32N4O3. The Morgan fingerprint density at radius 2 is 1.86 bits per heavy atom. The number of aromatic nitrogens is 2. The Bertz CT molecular complexity index is 754. The van der Waals surface area contributed by atoms with Gasteiger partial charge in [-0.1, -0.05) is 31.3 Å². The molecule has 0 atom stereocenters. The Balaban J connectivity index is 1.63. The minimum Gasteiger partial charge on any atom is -0.379 e. The van der Waals surface area contributed by atoms with Crippen molar-refractivity contribution in [2.45, 2.75) is 39.5 Å². The van der Waals surface area contributed by atoms with Crippen molar-refractivity contribution < 1.29 is 14.1 Å². The number of hydrogen-bond acceptors (Lipinski definition) is 6. The van der Waals surface area contributed by atoms with Crippen LogP contribution in [0.2, 0.25) is 0 Å². The van der Waals surface area contributed by atoms with Crippen LogP contribution in [0.5, 0.6) is 0 Å². The molecule has 1 aliphatic heterocycles. The first-order valence-corrected chi connectivity index (χ1v) is 10.7. The zero-order valence-electron chi connectivity index (χ0n) is 17.6. The number of ether oxygens (including phenoxy) is 1. The second-order valence-electron chi connectivity index (χ2n) is 7.53. The van der Waals surface area contributed by atoms with Gasteiger partial charge in [0.05, 0.1) is 13.2 Å². The maximum absolute atomic E-state index is 13.2. The smallest absolute Gasteiger partial charge is 0.257 e. The van der Waals surface area contributed by atoms with Crippen molar-refractivity contribution in [3.8, 4) is 11.5 Å². The van der Waals surface area contributed by atoms with Crippen LogP contribution in [0.1, 0.15) is 48.8 Å². The second-order valence-corrected chi connectivity index (χ2v) is 7.53. The molecule has 2 aromatic rings. The van der Waals surface area contributed by atoms with Gasteiger partial charge in [-0.15, -0.1) is 0 Å². The molecular weight excluding hydrogens is 368 g/mol. The van der Waals surface area contributed by atoms with Crippen molar-refractivity contribution in [1.82, 2.24) is 19.9 Å². The van der Waals surface area contributed by atoms with E-state index < -0.39 is 0 Å². The van der Waals surface area contributed by atoms with Gasteiger partial charge in [-0.25, -0.2) is 0 Å². The molecule has 0 unspecified atom stereocenters. The molecule has 0 radical (unpaired) electrons. The van der Waals surface area contributed by atoms with Gasteiger partial charge in [0.2, 0.25) is 0 Å². The first kappa shape index (κ1) is 21.5. The van der Waals surface area contributed by atoms with Crippen molar-refractivity contribution in [3.63, 3.8) is 0 Å². The highest BCUT2D eigenvalue weighted by molar-refractivity contribution is 5.94. The average Bonchev–Trinajstić information content (AvgIpc) is 3.20. The fraction of sp³-hybridized carbons (Fsp3) is 0.591. The zero-order valence-corrected chi connectivity index (χ0v) is 17.6. The summed E-state index contributed by atoms with van der Waals surface area (Å²) >= 11 is 0. The van der Waals surface area contributed by atoms with Crippen molar-refractivity contribution in [1.29, 1.82) is 0 Å². The van der Waals surface area contributed by atoms with Gasteiger partial charge in [0.1, 0.15) is 0 Å². The van der Waals surface area contributed by atoms with Gasteiger partial charge in [0.25, 0.3) is 11.8 Å². The van der Waals surface area contributed by atoms with E-state index in [0.29, 0.717) is 17.3 Å². The molecule has 1 saturated heterocycles. The standard InChI is InChI=1S/C22H32N4O3/c1-3-4-5-6-11-26(13-12-25-14-16-28-17-15-25)22(27)20-9-7-19(8-10-20)21-23-18(2)24-29-21/h7-10H,3-6,11-17H2,1-2H3. The van der Waals surface area contributed by atoms with E-state index >= 15 is 0 Å². The summed E-state index contributed by atoms with van der Waals surface area (Å²) in [5.41, 5.74) is 1.52. The number of benzene rings is 1. The number of carbonyl (C=O) groups excluding carboxylic acids is 1. The van der Waals surface area contributed by atoms with Crippen LogP contribution in [0, 0.1) is 6.92 Å². The minimum atomic E-state index is 0.0861. The van der Waals surface area contributed by atoms with Crippen molar-refractivity contribution in [2.75, 3.05) is 45.9 Å². The van der Waals surface area contributed by atoms with Gasteiger partial charge in [-0.05, 0) is 37.6 Å². The van der Waals surface area contributed by atoms with Crippen molar-refractivity contribution in [3.05, 3.63) is 35.7 Å². The highest BCUT2D eigenvalue weighted by Crippen LogP contribution is 2.18. The van der Waals surface area contributed by atoms with Gasteiger partial charge in [-0.2, -0.15) is 4.98 Å². The molecule has 1 fully saturated rings. The van der Waals surface area contributed by atoms with Crippen molar-refractivity contribution in [2.24, 2.45) is 0 Å². The van der Waals surface area contributed by atoms with Crippen LogP contribution in [0.25, 0.3) is 11.5 Å². The third-order valence-electron chi connectivity index (χ3n) is 5.27. The molecule has 3 rings (SSSR count). The summed E-state index contributed by atoms with van der Waals surface area (Å²) in [5, 5.41) is 3.82. The lowest BCUT2D eigenvalue weighted by atomic mass is 10.1. The maximum Gasteiger partial charge on any atom is 0.257 e. The molecule has 1 aromatic carbocycles. The predicted octanol–water partition coefficient (Wildman–Crippen LogP) is 3.40. The van der Waals surface area contributed by atoms with Crippen LogP contribution in [-0.2, 0) is 4.74 Å².